The first-order valence-corrected chi connectivity index (χ1v) is 7.36. The van der Waals surface area contributed by atoms with Gasteiger partial charge in [0.25, 0.3) is 0 Å². The molecule has 0 spiro atoms. The number of hydrogen-bond acceptors (Lipinski definition) is 3. The molecule has 1 aliphatic rings. The van der Waals surface area contributed by atoms with Gasteiger partial charge in [-0.1, -0.05) is 19.8 Å². The first-order chi connectivity index (χ1) is 10.1. The summed E-state index contributed by atoms with van der Waals surface area (Å²) in [6, 6.07) is 6.97. The van der Waals surface area contributed by atoms with E-state index in [1.165, 1.54) is 6.42 Å². The average Bonchev–Trinajstić information content (AvgIpc) is 2.50. The van der Waals surface area contributed by atoms with Crippen molar-refractivity contribution in [2.45, 2.75) is 38.6 Å². The van der Waals surface area contributed by atoms with Crippen molar-refractivity contribution < 1.29 is 14.3 Å². The number of amides is 2. The molecule has 2 amide bonds. The predicted octanol–water partition coefficient (Wildman–Crippen LogP) is 2.33. The van der Waals surface area contributed by atoms with E-state index in [1.807, 2.05) is 0 Å². The summed E-state index contributed by atoms with van der Waals surface area (Å²) in [5, 5.41) is 5.43. The largest absolute Gasteiger partial charge is 0.497 e. The summed E-state index contributed by atoms with van der Waals surface area (Å²) in [6.07, 6.45) is 4.36. The second kappa shape index (κ2) is 7.11. The molecule has 2 atom stereocenters. The van der Waals surface area contributed by atoms with Gasteiger partial charge in [-0.15, -0.1) is 0 Å². The number of benzene rings is 1. The minimum absolute atomic E-state index is 0.105. The summed E-state index contributed by atoms with van der Waals surface area (Å²) in [7, 11) is 1.58. The molecule has 0 aromatic heterocycles. The lowest BCUT2D eigenvalue weighted by molar-refractivity contribution is -0.137. The van der Waals surface area contributed by atoms with E-state index in [-0.39, 0.29) is 6.04 Å². The first-order valence-electron chi connectivity index (χ1n) is 7.36. The van der Waals surface area contributed by atoms with Crippen LogP contribution in [0.2, 0.25) is 0 Å². The fraction of sp³-hybridized carbons (Fsp3) is 0.500. The zero-order valence-corrected chi connectivity index (χ0v) is 12.5. The van der Waals surface area contributed by atoms with E-state index in [1.54, 1.807) is 31.4 Å². The quantitative estimate of drug-likeness (QED) is 0.840. The second-order valence-corrected chi connectivity index (χ2v) is 5.52. The number of carbonyl (C=O) groups is 2. The van der Waals surface area contributed by atoms with Crippen molar-refractivity contribution in [1.29, 1.82) is 0 Å². The normalized spacial score (nSPS) is 21.4. The van der Waals surface area contributed by atoms with Gasteiger partial charge in [0.2, 0.25) is 0 Å². The third kappa shape index (κ3) is 4.21. The molecule has 1 saturated carbocycles. The van der Waals surface area contributed by atoms with Crippen LogP contribution in [0.5, 0.6) is 5.75 Å². The van der Waals surface area contributed by atoms with E-state index in [0.717, 1.165) is 19.3 Å². The van der Waals surface area contributed by atoms with E-state index < -0.39 is 11.8 Å². The van der Waals surface area contributed by atoms with Gasteiger partial charge in [0.15, 0.2) is 0 Å². The van der Waals surface area contributed by atoms with Crippen molar-refractivity contribution >= 4 is 17.5 Å². The van der Waals surface area contributed by atoms with Gasteiger partial charge in [0.05, 0.1) is 7.11 Å². The smallest absolute Gasteiger partial charge is 0.313 e. The standard InChI is InChI=1S/C16H22N2O3/c1-11-5-3-4-6-14(11)18-16(20)15(19)17-12-7-9-13(21-2)10-8-12/h7-11,14H,3-6H2,1-2H3,(H,17,19)(H,18,20)/t11-,14-/m1/s1. The van der Waals surface area contributed by atoms with E-state index in [4.69, 9.17) is 4.74 Å². The molecule has 2 rings (SSSR count). The summed E-state index contributed by atoms with van der Waals surface area (Å²) in [5.41, 5.74) is 0.577. The Labute approximate surface area is 125 Å². The Kier molecular flexibility index (Phi) is 5.20. The Bertz CT molecular complexity index is 499. The maximum Gasteiger partial charge on any atom is 0.313 e. The molecule has 5 heteroatoms. The second-order valence-electron chi connectivity index (χ2n) is 5.52. The third-order valence-electron chi connectivity index (χ3n) is 3.98. The number of anilines is 1. The number of carbonyl (C=O) groups excluding carboxylic acids is 2. The van der Waals surface area contributed by atoms with Crippen molar-refractivity contribution in [3.8, 4) is 5.75 Å². The van der Waals surface area contributed by atoms with Crippen molar-refractivity contribution in [3.05, 3.63) is 24.3 Å². The van der Waals surface area contributed by atoms with Gasteiger partial charge in [-0.25, -0.2) is 0 Å². The van der Waals surface area contributed by atoms with Gasteiger partial charge in [-0.3, -0.25) is 9.59 Å². The average molecular weight is 290 g/mol. The molecule has 114 valence electrons. The molecule has 1 aromatic carbocycles. The molecule has 1 aromatic rings. The molecule has 21 heavy (non-hydrogen) atoms. The van der Waals surface area contributed by atoms with Crippen molar-refractivity contribution in [1.82, 2.24) is 5.32 Å². The fourth-order valence-electron chi connectivity index (χ4n) is 2.63. The molecule has 0 aliphatic heterocycles. The van der Waals surface area contributed by atoms with Crippen LogP contribution in [0.15, 0.2) is 24.3 Å². The van der Waals surface area contributed by atoms with Crippen LogP contribution in [0.1, 0.15) is 32.6 Å². The molecular weight excluding hydrogens is 268 g/mol. The highest BCUT2D eigenvalue weighted by Crippen LogP contribution is 2.23. The maximum atomic E-state index is 11.9. The van der Waals surface area contributed by atoms with Crippen LogP contribution in [0, 0.1) is 5.92 Å². The Morgan fingerprint density at radius 3 is 2.38 bits per heavy atom. The molecular formula is C16H22N2O3. The number of nitrogens with one attached hydrogen (secondary N) is 2. The lowest BCUT2D eigenvalue weighted by Gasteiger charge is -2.29. The fourth-order valence-corrected chi connectivity index (χ4v) is 2.63. The number of methoxy groups -OCH3 is 1. The van der Waals surface area contributed by atoms with Crippen molar-refractivity contribution in [2.24, 2.45) is 5.92 Å². The zero-order chi connectivity index (χ0) is 15.2. The van der Waals surface area contributed by atoms with Crippen LogP contribution in [-0.2, 0) is 9.59 Å². The van der Waals surface area contributed by atoms with Gasteiger partial charge in [-0.05, 0) is 43.0 Å². The molecule has 0 heterocycles. The summed E-state index contributed by atoms with van der Waals surface area (Å²) in [5.74, 6) is -0.0625. The zero-order valence-electron chi connectivity index (χ0n) is 12.5. The van der Waals surface area contributed by atoms with Crippen LogP contribution in [0.3, 0.4) is 0 Å². The molecule has 5 nitrogen and oxygen atoms in total. The van der Waals surface area contributed by atoms with E-state index in [9.17, 15) is 9.59 Å². The highest BCUT2D eigenvalue weighted by molar-refractivity contribution is 6.39. The molecule has 1 fully saturated rings. The SMILES string of the molecule is COc1ccc(NC(=O)C(=O)N[C@@H]2CCCC[C@H]2C)cc1. The van der Waals surface area contributed by atoms with E-state index in [2.05, 4.69) is 17.6 Å². The molecule has 0 unspecified atom stereocenters. The van der Waals surface area contributed by atoms with Gasteiger partial charge in [0, 0.05) is 11.7 Å². The minimum atomic E-state index is -0.627. The highest BCUT2D eigenvalue weighted by Gasteiger charge is 2.25. The molecule has 1 aliphatic carbocycles. The molecule has 0 saturated heterocycles. The van der Waals surface area contributed by atoms with Crippen LogP contribution in [0.25, 0.3) is 0 Å². The predicted molar refractivity (Wildman–Crippen MR) is 81.2 cm³/mol. The third-order valence-corrected chi connectivity index (χ3v) is 3.98. The highest BCUT2D eigenvalue weighted by atomic mass is 16.5. The lowest BCUT2D eigenvalue weighted by Crippen LogP contribution is -2.45. The monoisotopic (exact) mass is 290 g/mol. The lowest BCUT2D eigenvalue weighted by atomic mass is 9.86. The number of ether oxygens (including phenoxy) is 1. The molecule has 0 radical (unpaired) electrons. The van der Waals surface area contributed by atoms with Crippen LogP contribution < -0.4 is 15.4 Å². The van der Waals surface area contributed by atoms with Gasteiger partial charge in [0.1, 0.15) is 5.75 Å². The Morgan fingerprint density at radius 2 is 1.76 bits per heavy atom. The molecule has 0 bridgehead atoms. The van der Waals surface area contributed by atoms with Gasteiger partial charge in [-0.2, -0.15) is 0 Å². The van der Waals surface area contributed by atoms with Crippen molar-refractivity contribution in [3.63, 3.8) is 0 Å². The Morgan fingerprint density at radius 1 is 1.10 bits per heavy atom. The van der Waals surface area contributed by atoms with Crippen LogP contribution >= 0.6 is 0 Å². The number of hydrogen-bond donors (Lipinski definition) is 2. The van der Waals surface area contributed by atoms with E-state index >= 15 is 0 Å². The Balaban J connectivity index is 1.88. The minimum Gasteiger partial charge on any atom is -0.497 e. The molecule has 2 N–H and O–H groups in total. The van der Waals surface area contributed by atoms with Crippen LogP contribution in [-0.4, -0.2) is 25.0 Å². The van der Waals surface area contributed by atoms with Gasteiger partial charge < -0.3 is 15.4 Å². The first kappa shape index (κ1) is 15.4. The summed E-state index contributed by atoms with van der Waals surface area (Å²) in [6.45, 7) is 2.12. The maximum absolute atomic E-state index is 11.9. The summed E-state index contributed by atoms with van der Waals surface area (Å²) >= 11 is 0. The number of rotatable bonds is 3. The van der Waals surface area contributed by atoms with Crippen LogP contribution in [0.4, 0.5) is 5.69 Å². The summed E-state index contributed by atoms with van der Waals surface area (Å²) < 4.78 is 5.04. The topological polar surface area (TPSA) is 67.4 Å². The summed E-state index contributed by atoms with van der Waals surface area (Å²) in [4.78, 5) is 23.8. The van der Waals surface area contributed by atoms with Gasteiger partial charge >= 0.3 is 11.8 Å². The Hall–Kier alpha value is -2.04. The van der Waals surface area contributed by atoms with Crippen molar-refractivity contribution in [2.75, 3.05) is 12.4 Å². The van der Waals surface area contributed by atoms with E-state index in [0.29, 0.717) is 17.4 Å².